The highest BCUT2D eigenvalue weighted by Crippen LogP contribution is 2.16. The molecule has 0 bridgehead atoms. The van der Waals surface area contributed by atoms with Crippen molar-refractivity contribution in [1.82, 2.24) is 0 Å². The van der Waals surface area contributed by atoms with Gasteiger partial charge in [-0.05, 0) is 19.1 Å². The van der Waals surface area contributed by atoms with Gasteiger partial charge in [0.1, 0.15) is 0 Å². The van der Waals surface area contributed by atoms with E-state index >= 15 is 0 Å². The van der Waals surface area contributed by atoms with Gasteiger partial charge in [-0.3, -0.25) is 4.79 Å². The molecule has 1 rings (SSSR count). The highest BCUT2D eigenvalue weighted by molar-refractivity contribution is 6.01. The van der Waals surface area contributed by atoms with E-state index in [4.69, 9.17) is 11.0 Å². The number of nitrogen functional groups attached to an aromatic ring is 1. The number of carbonyl (C=O) groups is 1. The maximum Gasteiger partial charge on any atom is 0.163 e. The zero-order valence-corrected chi connectivity index (χ0v) is 6.66. The van der Waals surface area contributed by atoms with Gasteiger partial charge in [0.2, 0.25) is 0 Å². The molecule has 1 aromatic carbocycles. The molecule has 0 aromatic heterocycles. The van der Waals surface area contributed by atoms with Gasteiger partial charge in [0.15, 0.2) is 5.78 Å². The van der Waals surface area contributed by atoms with Crippen LogP contribution in [0.3, 0.4) is 0 Å². The van der Waals surface area contributed by atoms with Crippen molar-refractivity contribution in [2.24, 2.45) is 0 Å². The summed E-state index contributed by atoms with van der Waals surface area (Å²) < 4.78 is 0. The van der Waals surface area contributed by atoms with Gasteiger partial charge < -0.3 is 5.73 Å². The molecule has 0 radical (unpaired) electrons. The molecule has 0 saturated heterocycles. The van der Waals surface area contributed by atoms with E-state index < -0.39 is 0 Å². The third-order valence-electron chi connectivity index (χ3n) is 1.57. The fraction of sp³-hybridized carbons (Fsp3) is 0.111. The Morgan fingerprint density at radius 1 is 1.58 bits per heavy atom. The van der Waals surface area contributed by atoms with Crippen LogP contribution in [0.1, 0.15) is 22.8 Å². The Kier molecular flexibility index (Phi) is 2.11. The molecule has 0 aliphatic carbocycles. The topological polar surface area (TPSA) is 66.9 Å². The summed E-state index contributed by atoms with van der Waals surface area (Å²) in [5, 5.41) is 8.63. The van der Waals surface area contributed by atoms with Crippen molar-refractivity contribution < 1.29 is 4.79 Å². The third kappa shape index (κ3) is 1.28. The van der Waals surface area contributed by atoms with E-state index in [-0.39, 0.29) is 5.78 Å². The largest absolute Gasteiger partial charge is 0.398 e. The number of benzene rings is 1. The molecule has 0 spiro atoms. The van der Waals surface area contributed by atoms with Crippen molar-refractivity contribution in [2.45, 2.75) is 6.92 Å². The quantitative estimate of drug-likeness (QED) is 0.498. The predicted octanol–water partition coefficient (Wildman–Crippen LogP) is 1.34. The Morgan fingerprint density at radius 3 is 2.67 bits per heavy atom. The molecule has 0 heterocycles. The highest BCUT2D eigenvalue weighted by atomic mass is 16.1. The number of rotatable bonds is 1. The van der Waals surface area contributed by atoms with Crippen molar-refractivity contribution in [3.8, 4) is 6.07 Å². The minimum absolute atomic E-state index is 0.176. The first kappa shape index (κ1) is 8.28. The summed E-state index contributed by atoms with van der Waals surface area (Å²) >= 11 is 0. The summed E-state index contributed by atoms with van der Waals surface area (Å²) in [5.74, 6) is -0.176. The van der Waals surface area contributed by atoms with Crippen molar-refractivity contribution >= 4 is 11.5 Å². The van der Waals surface area contributed by atoms with E-state index in [1.165, 1.54) is 6.92 Å². The smallest absolute Gasteiger partial charge is 0.163 e. The number of nitrogens with two attached hydrogens (primary N) is 1. The molecule has 0 atom stereocenters. The molecule has 12 heavy (non-hydrogen) atoms. The molecule has 1 aromatic rings. The summed E-state index contributed by atoms with van der Waals surface area (Å²) in [7, 11) is 0. The molecule has 3 nitrogen and oxygen atoms in total. The SMILES string of the molecule is CC(=O)c1c(N)cccc1C#N. The monoisotopic (exact) mass is 160 g/mol. The van der Waals surface area contributed by atoms with Crippen molar-refractivity contribution in [2.75, 3.05) is 5.73 Å². The van der Waals surface area contributed by atoms with E-state index in [2.05, 4.69) is 0 Å². The van der Waals surface area contributed by atoms with Crippen molar-refractivity contribution in [3.63, 3.8) is 0 Å². The summed E-state index contributed by atoms with van der Waals surface area (Å²) in [6.07, 6.45) is 0. The van der Waals surface area contributed by atoms with Gasteiger partial charge in [-0.1, -0.05) is 6.07 Å². The van der Waals surface area contributed by atoms with Crippen LogP contribution in [-0.4, -0.2) is 5.78 Å². The average molecular weight is 160 g/mol. The molecule has 60 valence electrons. The lowest BCUT2D eigenvalue weighted by Gasteiger charge is -2.01. The second-order valence-corrected chi connectivity index (χ2v) is 2.44. The Morgan fingerprint density at radius 2 is 2.25 bits per heavy atom. The molecule has 0 saturated carbocycles. The minimum atomic E-state index is -0.176. The van der Waals surface area contributed by atoms with Gasteiger partial charge in [-0.15, -0.1) is 0 Å². The van der Waals surface area contributed by atoms with E-state index in [0.717, 1.165) is 0 Å². The van der Waals surface area contributed by atoms with Crippen LogP contribution in [0, 0.1) is 11.3 Å². The van der Waals surface area contributed by atoms with Crippen LogP contribution in [0.15, 0.2) is 18.2 Å². The molecule has 0 amide bonds. The fourth-order valence-corrected chi connectivity index (χ4v) is 1.06. The standard InChI is InChI=1S/C9H8N2O/c1-6(12)9-7(5-10)3-2-4-8(9)11/h2-4H,11H2,1H3. The maximum absolute atomic E-state index is 11.0. The lowest BCUT2D eigenvalue weighted by atomic mass is 10.0. The molecule has 3 heteroatoms. The number of hydrogen-bond donors (Lipinski definition) is 1. The predicted molar refractivity (Wildman–Crippen MR) is 45.6 cm³/mol. The van der Waals surface area contributed by atoms with Crippen LogP contribution in [0.2, 0.25) is 0 Å². The average Bonchev–Trinajstić information content (AvgIpc) is 2.03. The first-order valence-electron chi connectivity index (χ1n) is 3.46. The first-order valence-corrected chi connectivity index (χ1v) is 3.46. The highest BCUT2D eigenvalue weighted by Gasteiger charge is 2.09. The summed E-state index contributed by atoms with van der Waals surface area (Å²) in [4.78, 5) is 11.0. The lowest BCUT2D eigenvalue weighted by molar-refractivity contribution is 0.101. The van der Waals surface area contributed by atoms with Gasteiger partial charge >= 0.3 is 0 Å². The maximum atomic E-state index is 11.0. The molecular weight excluding hydrogens is 152 g/mol. The van der Waals surface area contributed by atoms with Crippen LogP contribution in [0.25, 0.3) is 0 Å². The molecule has 0 aliphatic rings. The van der Waals surface area contributed by atoms with Crippen LogP contribution >= 0.6 is 0 Å². The zero-order valence-electron chi connectivity index (χ0n) is 6.66. The van der Waals surface area contributed by atoms with E-state index in [1.807, 2.05) is 6.07 Å². The second kappa shape index (κ2) is 3.05. The second-order valence-electron chi connectivity index (χ2n) is 2.44. The number of nitriles is 1. The lowest BCUT2D eigenvalue weighted by Crippen LogP contribution is -2.02. The van der Waals surface area contributed by atoms with Gasteiger partial charge in [0, 0.05) is 5.69 Å². The molecule has 0 aliphatic heterocycles. The van der Waals surface area contributed by atoms with Gasteiger partial charge in [-0.2, -0.15) is 5.26 Å². The number of Topliss-reactive ketones (excluding diaryl/α,β-unsaturated/α-hetero) is 1. The van der Waals surface area contributed by atoms with Crippen LogP contribution < -0.4 is 5.73 Å². The Labute approximate surface area is 70.4 Å². The first-order chi connectivity index (χ1) is 5.66. The van der Waals surface area contributed by atoms with Crippen LogP contribution in [0.5, 0.6) is 0 Å². The van der Waals surface area contributed by atoms with Crippen LogP contribution in [0.4, 0.5) is 5.69 Å². The number of nitrogens with zero attached hydrogens (tertiary/aromatic N) is 1. The summed E-state index contributed by atoms with van der Waals surface area (Å²) in [6.45, 7) is 1.40. The van der Waals surface area contributed by atoms with E-state index in [1.54, 1.807) is 18.2 Å². The van der Waals surface area contributed by atoms with E-state index in [0.29, 0.717) is 16.8 Å². The number of anilines is 1. The van der Waals surface area contributed by atoms with E-state index in [9.17, 15) is 4.79 Å². The number of ketones is 1. The molecule has 0 unspecified atom stereocenters. The molecule has 0 fully saturated rings. The fourth-order valence-electron chi connectivity index (χ4n) is 1.06. The van der Waals surface area contributed by atoms with Gasteiger partial charge in [-0.25, -0.2) is 0 Å². The Bertz CT molecular complexity index is 363. The number of carbonyl (C=O) groups excluding carboxylic acids is 1. The van der Waals surface area contributed by atoms with Crippen LogP contribution in [-0.2, 0) is 0 Å². The normalized spacial score (nSPS) is 9.00. The molecular formula is C9H8N2O. The summed E-state index contributed by atoms with van der Waals surface area (Å²) in [5.41, 5.74) is 6.54. The third-order valence-corrected chi connectivity index (χ3v) is 1.57. The summed E-state index contributed by atoms with van der Waals surface area (Å²) in [6, 6.07) is 6.76. The van der Waals surface area contributed by atoms with Crippen molar-refractivity contribution in [3.05, 3.63) is 29.3 Å². The molecule has 2 N–H and O–H groups in total. The zero-order chi connectivity index (χ0) is 9.14. The van der Waals surface area contributed by atoms with Gasteiger partial charge in [0.25, 0.3) is 0 Å². The Hall–Kier alpha value is -1.82. The van der Waals surface area contributed by atoms with Crippen molar-refractivity contribution in [1.29, 1.82) is 5.26 Å². The minimum Gasteiger partial charge on any atom is -0.398 e. The van der Waals surface area contributed by atoms with Gasteiger partial charge in [0.05, 0.1) is 17.2 Å². The Balaban J connectivity index is 3.42. The number of hydrogen-bond acceptors (Lipinski definition) is 3.